The molecule has 0 amide bonds. The van der Waals surface area contributed by atoms with Crippen LogP contribution < -0.4 is 10.2 Å². The third-order valence-electron chi connectivity index (χ3n) is 6.26. The standard InChI is InChI=1S/C17H23BN5O/c1-11-5-19-6-16-14-2-3-17(20-15(14)9-21(11)16)22-7-13-4-12(22)8-23(13)18-10-24/h2-3,10-13,16,19H,4-9H2,1H3/t11-,12+,13+,16-/m1/s1. The van der Waals surface area contributed by atoms with Gasteiger partial charge in [0.25, 0.3) is 7.41 Å². The maximum Gasteiger partial charge on any atom is 0.293 e. The van der Waals surface area contributed by atoms with E-state index < -0.39 is 0 Å². The van der Waals surface area contributed by atoms with Gasteiger partial charge < -0.3 is 19.8 Å². The number of piperazine rings is 2. The van der Waals surface area contributed by atoms with Crippen LogP contribution in [0.25, 0.3) is 0 Å². The zero-order chi connectivity index (χ0) is 16.3. The Labute approximate surface area is 143 Å². The molecule has 4 aliphatic heterocycles. The molecule has 3 fully saturated rings. The van der Waals surface area contributed by atoms with Crippen LogP contribution in [-0.2, 0) is 11.3 Å². The number of fused-ring (bicyclic) bond motifs is 5. The van der Waals surface area contributed by atoms with Gasteiger partial charge in [0.05, 0.1) is 11.9 Å². The molecule has 6 nitrogen and oxygen atoms in total. The second-order valence-electron chi connectivity index (χ2n) is 7.58. The molecule has 0 aliphatic carbocycles. The normalized spacial score (nSPS) is 35.1. The number of nitrogens with one attached hydrogen (secondary N) is 1. The Kier molecular flexibility index (Phi) is 3.43. The van der Waals surface area contributed by atoms with E-state index in [1.54, 1.807) is 7.41 Å². The van der Waals surface area contributed by atoms with Gasteiger partial charge in [-0.05, 0) is 25.0 Å². The van der Waals surface area contributed by atoms with Crippen LogP contribution in [-0.4, -0.2) is 72.6 Å². The van der Waals surface area contributed by atoms with Crippen LogP contribution in [0, 0.1) is 0 Å². The molecule has 0 saturated carbocycles. The fraction of sp³-hybridized carbons (Fsp3) is 0.647. The van der Waals surface area contributed by atoms with Crippen LogP contribution in [0.5, 0.6) is 0 Å². The third kappa shape index (κ3) is 2.15. The highest BCUT2D eigenvalue weighted by atomic mass is 16.1. The summed E-state index contributed by atoms with van der Waals surface area (Å²) in [5, 5.41) is 3.54. The lowest BCUT2D eigenvalue weighted by molar-refractivity contribution is 0.118. The number of hydrogen-bond donors (Lipinski definition) is 1. The molecule has 0 spiro atoms. The summed E-state index contributed by atoms with van der Waals surface area (Å²) in [4.78, 5) is 23.0. The summed E-state index contributed by atoms with van der Waals surface area (Å²) in [7, 11) is 1.70. The average Bonchev–Trinajstić information content (AvgIpc) is 3.27. The van der Waals surface area contributed by atoms with Gasteiger partial charge in [0, 0.05) is 56.9 Å². The lowest BCUT2D eigenvalue weighted by Crippen LogP contribution is -2.48. The number of pyridine rings is 1. The lowest BCUT2D eigenvalue weighted by atomic mass is 9.93. The van der Waals surface area contributed by atoms with Crippen molar-refractivity contribution >= 4 is 19.4 Å². The van der Waals surface area contributed by atoms with Gasteiger partial charge in [-0.1, -0.05) is 6.07 Å². The van der Waals surface area contributed by atoms with E-state index in [0.717, 1.165) is 51.1 Å². The summed E-state index contributed by atoms with van der Waals surface area (Å²) in [5.41, 5.74) is 2.66. The Balaban J connectivity index is 1.37. The first-order valence-corrected chi connectivity index (χ1v) is 9.02. The number of carbonyl (C=O) groups is 1. The van der Waals surface area contributed by atoms with E-state index in [0.29, 0.717) is 24.2 Å². The molecule has 0 aromatic carbocycles. The van der Waals surface area contributed by atoms with E-state index >= 15 is 0 Å². The maximum atomic E-state index is 10.7. The van der Waals surface area contributed by atoms with Crippen molar-refractivity contribution in [3.05, 3.63) is 23.4 Å². The molecule has 125 valence electrons. The highest BCUT2D eigenvalue weighted by Gasteiger charge is 2.44. The highest BCUT2D eigenvalue weighted by molar-refractivity contribution is 6.64. The number of rotatable bonds is 3. The lowest BCUT2D eigenvalue weighted by Gasteiger charge is -2.36. The van der Waals surface area contributed by atoms with Crippen LogP contribution in [0.2, 0.25) is 0 Å². The fourth-order valence-corrected chi connectivity index (χ4v) is 5.03. The number of aromatic nitrogens is 1. The predicted octanol–water partition coefficient (Wildman–Crippen LogP) is 0.00230. The van der Waals surface area contributed by atoms with E-state index in [4.69, 9.17) is 4.98 Å². The minimum absolute atomic E-state index is 0.464. The van der Waals surface area contributed by atoms with Crippen LogP contribution in [0.3, 0.4) is 0 Å². The Morgan fingerprint density at radius 3 is 3.00 bits per heavy atom. The molecule has 5 rings (SSSR count). The van der Waals surface area contributed by atoms with Crippen LogP contribution in [0.1, 0.15) is 30.6 Å². The Morgan fingerprint density at radius 1 is 1.29 bits per heavy atom. The van der Waals surface area contributed by atoms with E-state index in [9.17, 15) is 4.79 Å². The predicted molar refractivity (Wildman–Crippen MR) is 93.6 cm³/mol. The molecule has 1 aromatic heterocycles. The summed E-state index contributed by atoms with van der Waals surface area (Å²) in [5.74, 6) is 1.12. The van der Waals surface area contributed by atoms with Crippen LogP contribution in [0.4, 0.5) is 5.82 Å². The van der Waals surface area contributed by atoms with Crippen molar-refractivity contribution in [2.45, 2.75) is 44.1 Å². The summed E-state index contributed by atoms with van der Waals surface area (Å²) >= 11 is 0. The van der Waals surface area contributed by atoms with E-state index in [1.807, 2.05) is 0 Å². The van der Waals surface area contributed by atoms with E-state index in [-0.39, 0.29) is 0 Å². The quantitative estimate of drug-likeness (QED) is 0.624. The van der Waals surface area contributed by atoms with Crippen LogP contribution in [0.15, 0.2) is 12.1 Å². The molecule has 0 unspecified atom stereocenters. The molecule has 24 heavy (non-hydrogen) atoms. The van der Waals surface area contributed by atoms with Gasteiger partial charge in [0.1, 0.15) is 5.82 Å². The van der Waals surface area contributed by atoms with Gasteiger partial charge in [-0.15, -0.1) is 0 Å². The zero-order valence-corrected chi connectivity index (χ0v) is 14.1. The summed E-state index contributed by atoms with van der Waals surface area (Å²) in [6.07, 6.45) is 2.04. The molecule has 1 radical (unpaired) electrons. The fourth-order valence-electron chi connectivity index (χ4n) is 5.03. The molecule has 7 heteroatoms. The monoisotopic (exact) mass is 324 g/mol. The van der Waals surface area contributed by atoms with Gasteiger partial charge in [-0.25, -0.2) is 4.98 Å². The number of hydrogen-bond acceptors (Lipinski definition) is 6. The Morgan fingerprint density at radius 2 is 2.21 bits per heavy atom. The molecule has 1 N–H and O–H groups in total. The van der Waals surface area contributed by atoms with Gasteiger partial charge >= 0.3 is 0 Å². The first-order valence-electron chi connectivity index (χ1n) is 9.02. The summed E-state index contributed by atoms with van der Waals surface area (Å²) in [6.45, 7) is 7.29. The number of anilines is 1. The zero-order valence-electron chi connectivity index (χ0n) is 14.1. The van der Waals surface area contributed by atoms with Gasteiger partial charge in [0.15, 0.2) is 0 Å². The van der Waals surface area contributed by atoms with Gasteiger partial charge in [0.2, 0.25) is 0 Å². The summed E-state index contributed by atoms with van der Waals surface area (Å²) < 4.78 is 0. The van der Waals surface area contributed by atoms with Crippen molar-refractivity contribution in [1.29, 1.82) is 0 Å². The van der Waals surface area contributed by atoms with Gasteiger partial charge in [-0.3, -0.25) is 4.90 Å². The van der Waals surface area contributed by atoms with Gasteiger partial charge in [-0.2, -0.15) is 0 Å². The Bertz CT molecular complexity index is 670. The molecule has 5 heterocycles. The van der Waals surface area contributed by atoms with Crippen molar-refractivity contribution < 1.29 is 4.79 Å². The van der Waals surface area contributed by atoms with Crippen molar-refractivity contribution in [3.63, 3.8) is 0 Å². The van der Waals surface area contributed by atoms with E-state index in [2.05, 4.69) is 39.0 Å². The molecule has 1 aromatic rings. The molecule has 4 aliphatic rings. The molecule has 3 saturated heterocycles. The van der Waals surface area contributed by atoms with Crippen molar-refractivity contribution in [2.75, 3.05) is 31.1 Å². The molecular formula is C17H23BN5O. The van der Waals surface area contributed by atoms with E-state index in [1.165, 1.54) is 11.3 Å². The minimum Gasteiger partial charge on any atom is -0.351 e. The van der Waals surface area contributed by atoms with Crippen molar-refractivity contribution in [2.24, 2.45) is 0 Å². The topological polar surface area (TPSA) is 51.7 Å². The molecule has 4 atom stereocenters. The number of nitrogens with zero attached hydrogens (tertiary/aromatic N) is 4. The molecular weight excluding hydrogens is 301 g/mol. The van der Waals surface area contributed by atoms with Crippen LogP contribution >= 0.6 is 0 Å². The third-order valence-corrected chi connectivity index (χ3v) is 6.26. The van der Waals surface area contributed by atoms with Crippen molar-refractivity contribution in [1.82, 2.24) is 20.0 Å². The van der Waals surface area contributed by atoms with Crippen molar-refractivity contribution in [3.8, 4) is 0 Å². The SMILES string of the molecule is C[C@@H]1CNC[C@@H]2c3ccc(N4C[C@@H]5C[C@H]4CN5[B]C=O)nc3CN12. The first kappa shape index (κ1) is 14.9. The Hall–Kier alpha value is -1.44. The second-order valence-corrected chi connectivity index (χ2v) is 7.58. The highest BCUT2D eigenvalue weighted by Crippen LogP contribution is 2.38. The maximum absolute atomic E-state index is 10.7. The smallest absolute Gasteiger partial charge is 0.293 e. The first-order chi connectivity index (χ1) is 11.7. The second kappa shape index (κ2) is 5.54. The molecule has 2 bridgehead atoms. The summed E-state index contributed by atoms with van der Waals surface area (Å²) in [6, 6.07) is 6.50. The average molecular weight is 324 g/mol. The minimum atomic E-state index is 0.464. The largest absolute Gasteiger partial charge is 0.351 e. The number of carbonyl (C=O) groups excluding carboxylic acids is 1.